The molecule has 3 aliphatic heterocycles. The van der Waals surface area contributed by atoms with Gasteiger partial charge < -0.3 is 14.4 Å². The topological polar surface area (TPSA) is 63.6 Å². The minimum Gasteiger partial charge on any atom is -0.461 e. The lowest BCUT2D eigenvalue weighted by atomic mass is 9.95. The van der Waals surface area contributed by atoms with Gasteiger partial charge in [0.15, 0.2) is 5.82 Å². The largest absolute Gasteiger partial charge is 0.461 e. The van der Waals surface area contributed by atoms with Crippen molar-refractivity contribution in [2.24, 2.45) is 5.92 Å². The number of rotatable bonds is 4. The van der Waals surface area contributed by atoms with Crippen LogP contribution >= 0.6 is 0 Å². The number of fused-ring (bicyclic) bond motifs is 3. The number of hydrogen-bond donors (Lipinski definition) is 0. The molecule has 6 rings (SSSR count). The van der Waals surface area contributed by atoms with E-state index in [1.807, 2.05) is 0 Å². The summed E-state index contributed by atoms with van der Waals surface area (Å²) in [5, 5.41) is 0.285. The Hall–Kier alpha value is -2.20. The Morgan fingerprint density at radius 1 is 1.29 bits per heavy atom. The molecule has 0 N–H and O–H groups in total. The molecule has 5 heterocycles. The summed E-state index contributed by atoms with van der Waals surface area (Å²) in [5.74, 6) is -0.795. The summed E-state index contributed by atoms with van der Waals surface area (Å²) >= 11 is 0. The molecule has 4 fully saturated rings. The molecule has 0 unspecified atom stereocenters. The molecule has 2 aromatic heterocycles. The van der Waals surface area contributed by atoms with Crippen molar-refractivity contribution in [2.75, 3.05) is 44.3 Å². The summed E-state index contributed by atoms with van der Waals surface area (Å²) in [6.07, 6.45) is 1.34. The number of halogens is 3. The van der Waals surface area contributed by atoms with E-state index in [9.17, 15) is 13.2 Å². The Kier molecular flexibility index (Phi) is 4.01. The molecule has 10 heteroatoms. The molecule has 166 valence electrons. The summed E-state index contributed by atoms with van der Waals surface area (Å²) in [6.45, 7) is -0.597. The smallest absolute Gasteiger partial charge is 0.319 e. The summed E-state index contributed by atoms with van der Waals surface area (Å²) < 4.78 is 72.0. The van der Waals surface area contributed by atoms with Gasteiger partial charge >= 0.3 is 6.01 Å². The Labute approximate surface area is 180 Å². The summed E-state index contributed by atoms with van der Waals surface area (Å²) in [5.41, 5.74) is -1.22. The molecule has 4 aliphatic rings. The van der Waals surface area contributed by atoms with Gasteiger partial charge in [0.1, 0.15) is 30.2 Å². The SMILES string of the molecule is [2H]C([2H])(Oc1nc(N2CCOC[C@H]3[C@H](F)[C@H]32)c2cncc(F)c2n1)[C@@]12CCCN1C[C@H](F)C2. The van der Waals surface area contributed by atoms with Gasteiger partial charge in [-0.2, -0.15) is 9.97 Å². The van der Waals surface area contributed by atoms with E-state index in [0.29, 0.717) is 32.7 Å². The van der Waals surface area contributed by atoms with E-state index in [1.165, 1.54) is 6.20 Å². The molecule has 5 atom stereocenters. The van der Waals surface area contributed by atoms with Gasteiger partial charge in [-0.05, 0) is 19.4 Å². The van der Waals surface area contributed by atoms with Gasteiger partial charge in [-0.25, -0.2) is 13.2 Å². The second-order valence-electron chi connectivity index (χ2n) is 8.80. The van der Waals surface area contributed by atoms with Crippen molar-refractivity contribution in [3.8, 4) is 6.01 Å². The molecule has 0 bridgehead atoms. The van der Waals surface area contributed by atoms with Crippen LogP contribution in [-0.2, 0) is 4.74 Å². The first-order valence-electron chi connectivity index (χ1n) is 11.7. The lowest BCUT2D eigenvalue weighted by molar-refractivity contribution is 0.107. The van der Waals surface area contributed by atoms with Crippen LogP contribution in [0.15, 0.2) is 12.4 Å². The number of alkyl halides is 2. The number of ether oxygens (including phenoxy) is 2. The summed E-state index contributed by atoms with van der Waals surface area (Å²) in [6, 6.07) is -0.835. The van der Waals surface area contributed by atoms with Gasteiger partial charge in [0.2, 0.25) is 0 Å². The molecule has 0 spiro atoms. The Balaban J connectivity index is 1.42. The zero-order valence-corrected chi connectivity index (χ0v) is 16.8. The van der Waals surface area contributed by atoms with Gasteiger partial charge in [-0.3, -0.25) is 9.88 Å². The van der Waals surface area contributed by atoms with Crippen molar-refractivity contribution in [3.63, 3.8) is 0 Å². The fourth-order valence-corrected chi connectivity index (χ4v) is 5.33. The zero-order chi connectivity index (χ0) is 23.0. The van der Waals surface area contributed by atoms with Crippen molar-refractivity contribution >= 4 is 16.7 Å². The highest BCUT2D eigenvalue weighted by Gasteiger charge is 2.56. The van der Waals surface area contributed by atoms with Gasteiger partial charge in [0.25, 0.3) is 0 Å². The van der Waals surface area contributed by atoms with Crippen LogP contribution in [0.1, 0.15) is 22.0 Å². The number of anilines is 1. The normalized spacial score (nSPS) is 36.5. The van der Waals surface area contributed by atoms with Crippen LogP contribution in [0.4, 0.5) is 19.0 Å². The predicted octanol–water partition coefficient (Wildman–Crippen LogP) is 2.29. The van der Waals surface area contributed by atoms with E-state index >= 15 is 0 Å². The molecule has 7 nitrogen and oxygen atoms in total. The van der Waals surface area contributed by atoms with Gasteiger partial charge in [0, 0.05) is 31.6 Å². The van der Waals surface area contributed by atoms with Crippen LogP contribution in [-0.4, -0.2) is 83.2 Å². The molecular weight excluding hydrogens is 411 g/mol. The van der Waals surface area contributed by atoms with Crippen molar-refractivity contribution in [2.45, 2.75) is 43.2 Å². The minimum atomic E-state index is -2.31. The van der Waals surface area contributed by atoms with E-state index in [0.717, 1.165) is 12.6 Å². The van der Waals surface area contributed by atoms with E-state index in [2.05, 4.69) is 15.0 Å². The highest BCUT2D eigenvalue weighted by Crippen LogP contribution is 2.44. The monoisotopic (exact) mass is 437 g/mol. The van der Waals surface area contributed by atoms with Crippen molar-refractivity contribution in [1.82, 2.24) is 19.9 Å². The molecule has 0 radical (unpaired) electrons. The lowest BCUT2D eigenvalue weighted by Gasteiger charge is -2.31. The van der Waals surface area contributed by atoms with Crippen molar-refractivity contribution in [3.05, 3.63) is 18.2 Å². The molecule has 1 saturated carbocycles. The average Bonchev–Trinajstić information content (AvgIpc) is 3.12. The third-order valence-electron chi connectivity index (χ3n) is 6.91. The van der Waals surface area contributed by atoms with Crippen LogP contribution in [0, 0.1) is 11.7 Å². The van der Waals surface area contributed by atoms with Crippen LogP contribution in [0.5, 0.6) is 6.01 Å². The molecular formula is C21H24F3N5O2. The minimum absolute atomic E-state index is 0.00939. The molecule has 0 aromatic carbocycles. The fraction of sp³-hybridized carbons (Fsp3) is 0.667. The molecule has 0 amide bonds. The van der Waals surface area contributed by atoms with E-state index in [-0.39, 0.29) is 41.6 Å². The number of nitrogens with zero attached hydrogens (tertiary/aromatic N) is 5. The second kappa shape index (κ2) is 7.16. The second-order valence-corrected chi connectivity index (χ2v) is 8.80. The first kappa shape index (κ1) is 17.4. The van der Waals surface area contributed by atoms with Crippen LogP contribution in [0.2, 0.25) is 0 Å². The van der Waals surface area contributed by atoms with Crippen molar-refractivity contribution in [1.29, 1.82) is 0 Å². The molecule has 1 aliphatic carbocycles. The predicted molar refractivity (Wildman–Crippen MR) is 106 cm³/mol. The maximum absolute atomic E-state index is 14.7. The first-order chi connectivity index (χ1) is 15.8. The lowest BCUT2D eigenvalue weighted by Crippen LogP contribution is -2.43. The zero-order valence-electron chi connectivity index (χ0n) is 18.8. The maximum atomic E-state index is 14.7. The number of aromatic nitrogens is 3. The maximum Gasteiger partial charge on any atom is 0.319 e. The standard InChI is InChI=1S/C21H24F3N5O2/c22-12-6-21(2-1-3-28(21)9-12)11-31-20-26-17-13(7-25-8-15(17)23)19(27-20)29-4-5-30-10-14-16(24)18(14)29/h7-8,12,14,16,18H,1-6,9-11H2/t12-,14+,16+,18+,21+/m1/s1/i11D2. The fourth-order valence-electron chi connectivity index (χ4n) is 5.33. The van der Waals surface area contributed by atoms with Gasteiger partial charge in [-0.1, -0.05) is 0 Å². The van der Waals surface area contributed by atoms with Crippen LogP contribution < -0.4 is 9.64 Å². The van der Waals surface area contributed by atoms with Crippen LogP contribution in [0.3, 0.4) is 0 Å². The third-order valence-corrected chi connectivity index (χ3v) is 6.91. The van der Waals surface area contributed by atoms with Crippen LogP contribution in [0.25, 0.3) is 10.9 Å². The molecule has 2 aromatic rings. The number of hydrogen-bond acceptors (Lipinski definition) is 7. The first-order valence-corrected chi connectivity index (χ1v) is 10.7. The third kappa shape index (κ3) is 3.14. The van der Waals surface area contributed by atoms with Crippen molar-refractivity contribution < 1.29 is 25.4 Å². The van der Waals surface area contributed by atoms with E-state index in [4.69, 9.17) is 12.2 Å². The van der Waals surface area contributed by atoms with Gasteiger partial charge in [-0.15, -0.1) is 0 Å². The number of pyridine rings is 1. The van der Waals surface area contributed by atoms with E-state index < -0.39 is 36.3 Å². The highest BCUT2D eigenvalue weighted by molar-refractivity contribution is 5.89. The molecule has 31 heavy (non-hydrogen) atoms. The Bertz CT molecular complexity index is 1100. The summed E-state index contributed by atoms with van der Waals surface area (Å²) in [7, 11) is 0. The highest BCUT2D eigenvalue weighted by atomic mass is 19.1. The average molecular weight is 437 g/mol. The summed E-state index contributed by atoms with van der Waals surface area (Å²) in [4.78, 5) is 16.0. The Morgan fingerprint density at radius 2 is 2.19 bits per heavy atom. The Morgan fingerprint density at radius 3 is 3.10 bits per heavy atom. The van der Waals surface area contributed by atoms with E-state index in [1.54, 1.807) is 9.80 Å². The molecule has 3 saturated heterocycles. The quantitative estimate of drug-likeness (QED) is 0.727. The van der Waals surface area contributed by atoms with Gasteiger partial charge in [0.05, 0.1) is 39.1 Å².